The van der Waals surface area contributed by atoms with Gasteiger partial charge in [-0.15, -0.1) is 0 Å². The van der Waals surface area contributed by atoms with Crippen molar-refractivity contribution in [3.8, 4) is 5.95 Å². The summed E-state index contributed by atoms with van der Waals surface area (Å²) >= 11 is 6.90. The third kappa shape index (κ3) is 3.17. The lowest BCUT2D eigenvalue weighted by atomic mass is 10.7. The average molecular weight is 286 g/mol. The highest BCUT2D eigenvalue weighted by Gasteiger charge is 2.09. The van der Waals surface area contributed by atoms with Crippen molar-refractivity contribution in [2.45, 2.75) is 5.16 Å². The van der Waals surface area contributed by atoms with E-state index in [0.29, 0.717) is 11.1 Å². The second-order valence-electron chi connectivity index (χ2n) is 3.00. The molecule has 0 aliphatic carbocycles. The molecule has 0 N–H and O–H groups in total. The molecule has 2 rings (SSSR count). The maximum Gasteiger partial charge on any atom is 0.316 e. The van der Waals surface area contributed by atoms with Crippen LogP contribution in [0.4, 0.5) is 0 Å². The number of halogens is 1. The Hall–Kier alpha value is -1.67. The van der Waals surface area contributed by atoms with Gasteiger partial charge in [0.25, 0.3) is 5.95 Å². The van der Waals surface area contributed by atoms with E-state index < -0.39 is 0 Å². The fourth-order valence-corrected chi connectivity index (χ4v) is 1.93. The molecule has 0 atom stereocenters. The van der Waals surface area contributed by atoms with Gasteiger partial charge in [0.2, 0.25) is 5.28 Å². The number of carbonyl (C=O) groups excluding carboxylic acids is 1. The predicted molar refractivity (Wildman–Crippen MR) is 64.7 cm³/mol. The number of hydrogen-bond acceptors (Lipinski definition) is 7. The number of esters is 1. The molecule has 0 fully saturated rings. The van der Waals surface area contributed by atoms with Crippen molar-refractivity contribution in [2.24, 2.45) is 0 Å². The lowest BCUT2D eigenvalue weighted by Gasteiger charge is -2.03. The summed E-state index contributed by atoms with van der Waals surface area (Å²) in [5, 5.41) is 4.37. The Morgan fingerprint density at radius 1 is 1.50 bits per heavy atom. The Bertz CT molecular complexity index is 548. The number of rotatable bonds is 4. The van der Waals surface area contributed by atoms with Crippen LogP contribution in [0.1, 0.15) is 0 Å². The molecule has 0 spiro atoms. The Balaban J connectivity index is 2.19. The Morgan fingerprint density at radius 2 is 2.33 bits per heavy atom. The monoisotopic (exact) mass is 285 g/mol. The molecule has 9 heteroatoms. The maximum atomic E-state index is 11.0. The van der Waals surface area contributed by atoms with Gasteiger partial charge in [-0.2, -0.15) is 20.1 Å². The highest BCUT2D eigenvalue weighted by Crippen LogP contribution is 2.16. The van der Waals surface area contributed by atoms with Crippen LogP contribution in [0, 0.1) is 0 Å². The van der Waals surface area contributed by atoms with Crippen LogP contribution in [0.25, 0.3) is 5.95 Å². The Morgan fingerprint density at radius 3 is 3.00 bits per heavy atom. The van der Waals surface area contributed by atoms with E-state index >= 15 is 0 Å². The van der Waals surface area contributed by atoms with Crippen LogP contribution in [0.3, 0.4) is 0 Å². The molecule has 0 aromatic carbocycles. The molecule has 0 aliphatic rings. The smallest absolute Gasteiger partial charge is 0.316 e. The summed E-state index contributed by atoms with van der Waals surface area (Å²) in [6.07, 6.45) is 3.28. The van der Waals surface area contributed by atoms with Crippen LogP contribution in [0.5, 0.6) is 0 Å². The molecule has 0 saturated carbocycles. The van der Waals surface area contributed by atoms with Gasteiger partial charge in [0, 0.05) is 12.4 Å². The van der Waals surface area contributed by atoms with E-state index in [9.17, 15) is 4.79 Å². The zero-order valence-electron chi connectivity index (χ0n) is 9.28. The average Bonchev–Trinajstić information content (AvgIpc) is 2.89. The van der Waals surface area contributed by atoms with E-state index in [4.69, 9.17) is 11.6 Å². The minimum absolute atomic E-state index is 0.0443. The van der Waals surface area contributed by atoms with Crippen molar-refractivity contribution in [1.82, 2.24) is 24.7 Å². The molecule has 0 bridgehead atoms. The zero-order valence-corrected chi connectivity index (χ0v) is 10.9. The van der Waals surface area contributed by atoms with Gasteiger partial charge in [-0.1, -0.05) is 11.8 Å². The van der Waals surface area contributed by atoms with Gasteiger partial charge in [0.15, 0.2) is 5.16 Å². The Kier molecular flexibility index (Phi) is 4.11. The SMILES string of the molecule is COC(=O)CSc1nc(Cl)nc(-n2cccn2)n1. The number of carbonyl (C=O) groups is 1. The molecule has 0 saturated heterocycles. The number of nitrogens with zero attached hydrogens (tertiary/aromatic N) is 5. The van der Waals surface area contributed by atoms with Crippen molar-refractivity contribution >= 4 is 29.3 Å². The predicted octanol–water partition coefficient (Wildman–Crippen LogP) is 0.976. The molecule has 0 amide bonds. The number of aromatic nitrogens is 5. The quantitative estimate of drug-likeness (QED) is 0.611. The molecule has 2 aromatic heterocycles. The molecule has 2 aromatic rings. The van der Waals surface area contributed by atoms with Gasteiger partial charge >= 0.3 is 5.97 Å². The second-order valence-corrected chi connectivity index (χ2v) is 4.28. The summed E-state index contributed by atoms with van der Waals surface area (Å²) in [5.41, 5.74) is 0. The van der Waals surface area contributed by atoms with Gasteiger partial charge in [0.05, 0.1) is 12.9 Å². The van der Waals surface area contributed by atoms with Crippen molar-refractivity contribution in [2.75, 3.05) is 12.9 Å². The summed E-state index contributed by atoms with van der Waals surface area (Å²) in [5.74, 6) is 0.0413. The minimum Gasteiger partial charge on any atom is -0.468 e. The summed E-state index contributed by atoms with van der Waals surface area (Å²) < 4.78 is 5.98. The Labute approximate surface area is 112 Å². The van der Waals surface area contributed by atoms with Crippen LogP contribution in [0.2, 0.25) is 5.28 Å². The van der Waals surface area contributed by atoms with Crippen molar-refractivity contribution in [1.29, 1.82) is 0 Å². The largest absolute Gasteiger partial charge is 0.468 e. The highest BCUT2D eigenvalue weighted by molar-refractivity contribution is 7.99. The minimum atomic E-state index is -0.364. The first-order valence-corrected chi connectivity index (χ1v) is 6.16. The molecular weight excluding hydrogens is 278 g/mol. The molecule has 0 aliphatic heterocycles. The molecule has 0 unspecified atom stereocenters. The van der Waals surface area contributed by atoms with E-state index in [1.54, 1.807) is 18.5 Å². The number of hydrogen-bond donors (Lipinski definition) is 0. The first-order valence-electron chi connectivity index (χ1n) is 4.80. The summed E-state index contributed by atoms with van der Waals surface area (Å²) in [7, 11) is 1.32. The van der Waals surface area contributed by atoms with Crippen molar-refractivity contribution < 1.29 is 9.53 Å². The number of thioether (sulfide) groups is 1. The normalized spacial score (nSPS) is 10.3. The molecule has 94 valence electrons. The van der Waals surface area contributed by atoms with Crippen molar-refractivity contribution in [3.05, 3.63) is 23.7 Å². The number of methoxy groups -OCH3 is 1. The molecular formula is C9H8ClN5O2S. The van der Waals surface area contributed by atoms with E-state index in [-0.39, 0.29) is 17.0 Å². The lowest BCUT2D eigenvalue weighted by molar-refractivity contribution is -0.137. The van der Waals surface area contributed by atoms with E-state index in [0.717, 1.165) is 11.8 Å². The standard InChI is InChI=1S/C9H8ClN5O2S/c1-17-6(16)5-18-9-13-7(10)12-8(14-9)15-4-2-3-11-15/h2-4H,5H2,1H3. The van der Waals surface area contributed by atoms with Crippen LogP contribution in [0.15, 0.2) is 23.6 Å². The van der Waals surface area contributed by atoms with Crippen LogP contribution < -0.4 is 0 Å². The van der Waals surface area contributed by atoms with E-state index in [1.165, 1.54) is 11.8 Å². The molecule has 2 heterocycles. The summed E-state index contributed by atoms with van der Waals surface area (Å²) in [6.45, 7) is 0. The fourth-order valence-electron chi connectivity index (χ4n) is 1.06. The van der Waals surface area contributed by atoms with Gasteiger partial charge in [0.1, 0.15) is 0 Å². The number of ether oxygens (including phenoxy) is 1. The first kappa shape index (κ1) is 12.8. The summed E-state index contributed by atoms with van der Waals surface area (Å²) in [6, 6.07) is 1.74. The lowest BCUT2D eigenvalue weighted by Crippen LogP contribution is -2.07. The van der Waals surface area contributed by atoms with Crippen LogP contribution in [-0.4, -0.2) is 43.6 Å². The topological polar surface area (TPSA) is 82.8 Å². The maximum absolute atomic E-state index is 11.0. The zero-order chi connectivity index (χ0) is 13.0. The highest BCUT2D eigenvalue weighted by atomic mass is 35.5. The second kappa shape index (κ2) is 5.78. The molecule has 7 nitrogen and oxygen atoms in total. The van der Waals surface area contributed by atoms with E-state index in [2.05, 4.69) is 24.8 Å². The van der Waals surface area contributed by atoms with Gasteiger partial charge < -0.3 is 4.74 Å². The van der Waals surface area contributed by atoms with Crippen molar-refractivity contribution in [3.63, 3.8) is 0 Å². The first-order chi connectivity index (χ1) is 8.69. The fraction of sp³-hybridized carbons (Fsp3) is 0.222. The van der Waals surface area contributed by atoms with Crippen LogP contribution >= 0.6 is 23.4 Å². The van der Waals surface area contributed by atoms with Crippen LogP contribution in [-0.2, 0) is 9.53 Å². The summed E-state index contributed by atoms with van der Waals surface area (Å²) in [4.78, 5) is 23.0. The third-order valence-corrected chi connectivity index (χ3v) is 2.82. The molecule has 0 radical (unpaired) electrons. The van der Waals surface area contributed by atoms with Gasteiger partial charge in [-0.05, 0) is 17.7 Å². The van der Waals surface area contributed by atoms with E-state index in [1.807, 2.05) is 0 Å². The third-order valence-electron chi connectivity index (χ3n) is 1.83. The van der Waals surface area contributed by atoms with Gasteiger partial charge in [-0.3, -0.25) is 4.79 Å². The van der Waals surface area contributed by atoms with Gasteiger partial charge in [-0.25, -0.2) is 4.68 Å². The molecule has 18 heavy (non-hydrogen) atoms.